The Balaban J connectivity index is 2.21. The molecule has 0 aliphatic heterocycles. The molecule has 0 saturated heterocycles. The highest BCUT2D eigenvalue weighted by Gasteiger charge is 2.18. The minimum Gasteiger partial charge on any atom is -0.0622 e. The molecule has 1 fully saturated rings. The summed E-state index contributed by atoms with van der Waals surface area (Å²) in [6, 6.07) is 0. The molecule has 1 atom stereocenters. The molecule has 0 aromatic heterocycles. The Labute approximate surface area is 71.4 Å². The van der Waals surface area contributed by atoms with Gasteiger partial charge in [-0.25, -0.2) is 0 Å². The molecule has 0 aromatic carbocycles. The maximum Gasteiger partial charge on any atom is -0.0388 e. The topological polar surface area (TPSA) is 0 Å². The monoisotopic (exact) mass is 153 g/mol. The van der Waals surface area contributed by atoms with Crippen LogP contribution in [0.25, 0.3) is 0 Å². The van der Waals surface area contributed by atoms with Crippen LogP contribution in [0.15, 0.2) is 0 Å². The van der Waals surface area contributed by atoms with Gasteiger partial charge in [-0.15, -0.1) is 0 Å². The van der Waals surface area contributed by atoms with E-state index in [0.717, 1.165) is 11.8 Å². The maximum absolute atomic E-state index is 2.41. The molecule has 0 heteroatoms. The van der Waals surface area contributed by atoms with Gasteiger partial charge in [-0.1, -0.05) is 46.0 Å². The molecule has 1 aliphatic carbocycles. The molecule has 1 unspecified atom stereocenters. The summed E-state index contributed by atoms with van der Waals surface area (Å²) in [6.07, 6.45) is 11.1. The largest absolute Gasteiger partial charge is 0.0622 e. The molecule has 0 amide bonds. The fourth-order valence-corrected chi connectivity index (χ4v) is 2.27. The van der Waals surface area contributed by atoms with Gasteiger partial charge in [0.25, 0.3) is 0 Å². The fourth-order valence-electron chi connectivity index (χ4n) is 2.27. The summed E-state index contributed by atoms with van der Waals surface area (Å²) in [7, 11) is 0. The van der Waals surface area contributed by atoms with E-state index in [1.165, 1.54) is 38.5 Å². The minimum absolute atomic E-state index is 0.945. The van der Waals surface area contributed by atoms with Crippen molar-refractivity contribution in [2.45, 2.75) is 52.4 Å². The molecule has 0 spiro atoms. The average Bonchev–Trinajstić information content (AvgIpc) is 2.07. The van der Waals surface area contributed by atoms with E-state index in [-0.39, 0.29) is 0 Å². The second kappa shape index (κ2) is 4.79. The smallest absolute Gasteiger partial charge is 0.0388 e. The van der Waals surface area contributed by atoms with E-state index < -0.39 is 0 Å². The Morgan fingerprint density at radius 3 is 2.45 bits per heavy atom. The summed E-state index contributed by atoms with van der Waals surface area (Å²) in [5.74, 6) is 1.99. The van der Waals surface area contributed by atoms with Gasteiger partial charge >= 0.3 is 0 Å². The summed E-state index contributed by atoms with van der Waals surface area (Å²) in [5, 5.41) is 0. The van der Waals surface area contributed by atoms with E-state index in [1.54, 1.807) is 0 Å². The second-order valence-electron chi connectivity index (χ2n) is 4.02. The first-order valence-electron chi connectivity index (χ1n) is 5.12. The van der Waals surface area contributed by atoms with E-state index in [9.17, 15) is 0 Å². The van der Waals surface area contributed by atoms with Crippen molar-refractivity contribution in [3.63, 3.8) is 0 Å². The van der Waals surface area contributed by atoms with Gasteiger partial charge in [0.15, 0.2) is 0 Å². The molecule has 0 aromatic rings. The van der Waals surface area contributed by atoms with Crippen LogP contribution >= 0.6 is 0 Å². The van der Waals surface area contributed by atoms with E-state index in [1.807, 2.05) is 0 Å². The van der Waals surface area contributed by atoms with E-state index in [2.05, 4.69) is 20.3 Å². The Bertz CT molecular complexity index is 90.2. The van der Waals surface area contributed by atoms with Crippen molar-refractivity contribution >= 4 is 0 Å². The Kier molecular flexibility index (Phi) is 3.96. The molecule has 0 N–H and O–H groups in total. The molecule has 65 valence electrons. The second-order valence-corrected chi connectivity index (χ2v) is 4.02. The van der Waals surface area contributed by atoms with Crippen molar-refractivity contribution in [2.24, 2.45) is 11.8 Å². The van der Waals surface area contributed by atoms with Crippen LogP contribution in [0.2, 0.25) is 0 Å². The van der Waals surface area contributed by atoms with Crippen LogP contribution in [0.1, 0.15) is 52.4 Å². The third-order valence-electron chi connectivity index (χ3n) is 3.06. The van der Waals surface area contributed by atoms with Gasteiger partial charge in [-0.05, 0) is 24.7 Å². The van der Waals surface area contributed by atoms with Crippen LogP contribution in [0.3, 0.4) is 0 Å². The molecule has 1 saturated carbocycles. The van der Waals surface area contributed by atoms with Gasteiger partial charge in [0.05, 0.1) is 0 Å². The zero-order valence-corrected chi connectivity index (χ0v) is 7.97. The predicted molar refractivity (Wildman–Crippen MR) is 50.3 cm³/mol. The Morgan fingerprint density at radius 1 is 1.27 bits per heavy atom. The van der Waals surface area contributed by atoms with Crippen LogP contribution in [-0.2, 0) is 0 Å². The molecule has 11 heavy (non-hydrogen) atoms. The zero-order chi connectivity index (χ0) is 8.10. The quantitative estimate of drug-likeness (QED) is 0.578. The summed E-state index contributed by atoms with van der Waals surface area (Å²) < 4.78 is 0. The molecule has 1 radical (unpaired) electrons. The van der Waals surface area contributed by atoms with Crippen molar-refractivity contribution in [3.05, 3.63) is 6.42 Å². The first kappa shape index (κ1) is 9.09. The highest BCUT2D eigenvalue weighted by molar-refractivity contribution is 4.74. The van der Waals surface area contributed by atoms with Crippen molar-refractivity contribution in [2.75, 3.05) is 0 Å². The van der Waals surface area contributed by atoms with E-state index in [0.29, 0.717) is 0 Å². The van der Waals surface area contributed by atoms with Gasteiger partial charge in [-0.3, -0.25) is 0 Å². The third kappa shape index (κ3) is 2.84. The fraction of sp³-hybridized carbons (Fsp3) is 0.909. The molecule has 1 rings (SSSR count). The minimum atomic E-state index is 0.945. The van der Waals surface area contributed by atoms with Gasteiger partial charge in [0.2, 0.25) is 0 Å². The SMILES string of the molecule is C[CH]CC(C)C1CCCCC1. The third-order valence-corrected chi connectivity index (χ3v) is 3.06. The van der Waals surface area contributed by atoms with Gasteiger partial charge in [-0.2, -0.15) is 0 Å². The highest BCUT2D eigenvalue weighted by atomic mass is 14.2. The lowest BCUT2D eigenvalue weighted by molar-refractivity contribution is 0.261. The van der Waals surface area contributed by atoms with Crippen molar-refractivity contribution in [1.29, 1.82) is 0 Å². The lowest BCUT2D eigenvalue weighted by atomic mass is 9.79. The predicted octanol–water partition coefficient (Wildman–Crippen LogP) is 3.82. The molecule has 1 aliphatic rings. The van der Waals surface area contributed by atoms with Crippen molar-refractivity contribution < 1.29 is 0 Å². The summed E-state index contributed by atoms with van der Waals surface area (Å²) >= 11 is 0. The molecule has 0 bridgehead atoms. The normalized spacial score (nSPS) is 23.5. The molecular weight excluding hydrogens is 132 g/mol. The van der Waals surface area contributed by atoms with E-state index >= 15 is 0 Å². The van der Waals surface area contributed by atoms with Crippen molar-refractivity contribution in [3.8, 4) is 0 Å². The summed E-state index contributed by atoms with van der Waals surface area (Å²) in [6.45, 7) is 4.59. The van der Waals surface area contributed by atoms with Gasteiger partial charge in [0.1, 0.15) is 0 Å². The van der Waals surface area contributed by atoms with Crippen LogP contribution in [0, 0.1) is 18.3 Å². The average molecular weight is 153 g/mol. The van der Waals surface area contributed by atoms with Crippen LogP contribution < -0.4 is 0 Å². The van der Waals surface area contributed by atoms with Gasteiger partial charge in [0, 0.05) is 0 Å². The lowest BCUT2D eigenvalue weighted by Crippen LogP contribution is -2.14. The first-order valence-corrected chi connectivity index (χ1v) is 5.12. The molecular formula is C11H21. The molecule has 0 nitrogen and oxygen atoms in total. The summed E-state index contributed by atoms with van der Waals surface area (Å²) in [5.41, 5.74) is 0. The lowest BCUT2D eigenvalue weighted by Gasteiger charge is -2.27. The van der Waals surface area contributed by atoms with Gasteiger partial charge < -0.3 is 0 Å². The standard InChI is InChI=1S/C11H21/c1-3-7-10(2)11-8-5-4-6-9-11/h3,10-11H,4-9H2,1-2H3. The zero-order valence-electron chi connectivity index (χ0n) is 7.97. The highest BCUT2D eigenvalue weighted by Crippen LogP contribution is 2.31. The van der Waals surface area contributed by atoms with Crippen molar-refractivity contribution in [1.82, 2.24) is 0 Å². The van der Waals surface area contributed by atoms with Crippen LogP contribution in [0.4, 0.5) is 0 Å². The summed E-state index contributed by atoms with van der Waals surface area (Å²) in [4.78, 5) is 0. The Hall–Kier alpha value is 0. The Morgan fingerprint density at radius 2 is 1.91 bits per heavy atom. The maximum atomic E-state index is 2.41. The number of hydrogen-bond acceptors (Lipinski definition) is 0. The van der Waals surface area contributed by atoms with E-state index in [4.69, 9.17) is 0 Å². The molecule has 0 heterocycles. The van der Waals surface area contributed by atoms with Crippen LogP contribution in [0.5, 0.6) is 0 Å². The first-order chi connectivity index (χ1) is 5.34. The van der Waals surface area contributed by atoms with Crippen LogP contribution in [-0.4, -0.2) is 0 Å². The number of hydrogen-bond donors (Lipinski definition) is 0. The number of rotatable bonds is 3.